The molecule has 168 valence electrons. The van der Waals surface area contributed by atoms with Crippen LogP contribution in [0.2, 0.25) is 10.0 Å². The number of hydrogen-bond donors (Lipinski definition) is 0. The van der Waals surface area contributed by atoms with Gasteiger partial charge in [-0.1, -0.05) is 23.2 Å². The third-order valence-electron chi connectivity index (χ3n) is 4.97. The summed E-state index contributed by atoms with van der Waals surface area (Å²) in [5.41, 5.74) is 0.786. The predicted molar refractivity (Wildman–Crippen MR) is 127 cm³/mol. The van der Waals surface area contributed by atoms with Crippen molar-refractivity contribution in [2.45, 2.75) is 0 Å². The zero-order chi connectivity index (χ0) is 23.5. The Morgan fingerprint density at radius 1 is 0.879 bits per heavy atom. The van der Waals surface area contributed by atoms with Gasteiger partial charge >= 0.3 is 0 Å². The molecule has 8 heteroatoms. The SMILES string of the molecule is COc1ccc(-c2oc3ccc(Cl)cc3c(=O)c2OCC(=O)c2ccc(Cl)cc2)cc1OC. The maximum Gasteiger partial charge on any atom is 0.235 e. The van der Waals surface area contributed by atoms with Crippen LogP contribution in [0.5, 0.6) is 17.2 Å². The molecule has 4 aromatic rings. The van der Waals surface area contributed by atoms with Gasteiger partial charge in [0.25, 0.3) is 0 Å². The smallest absolute Gasteiger partial charge is 0.235 e. The summed E-state index contributed by atoms with van der Waals surface area (Å²) in [7, 11) is 3.02. The molecule has 0 amide bonds. The summed E-state index contributed by atoms with van der Waals surface area (Å²) < 4.78 is 22.4. The molecule has 3 aromatic carbocycles. The molecule has 0 fully saturated rings. The molecular weight excluding hydrogens is 467 g/mol. The van der Waals surface area contributed by atoms with Gasteiger partial charge in [0.05, 0.1) is 19.6 Å². The van der Waals surface area contributed by atoms with Crippen molar-refractivity contribution in [3.63, 3.8) is 0 Å². The first-order valence-electron chi connectivity index (χ1n) is 9.81. The molecule has 1 heterocycles. The second-order valence-corrected chi connectivity index (χ2v) is 7.89. The molecule has 33 heavy (non-hydrogen) atoms. The number of hydrogen-bond acceptors (Lipinski definition) is 6. The summed E-state index contributed by atoms with van der Waals surface area (Å²) in [5, 5.41) is 1.12. The fourth-order valence-corrected chi connectivity index (χ4v) is 3.60. The molecule has 0 saturated carbocycles. The molecule has 0 unspecified atom stereocenters. The van der Waals surface area contributed by atoms with Crippen molar-refractivity contribution < 1.29 is 23.4 Å². The van der Waals surface area contributed by atoms with Gasteiger partial charge in [-0.05, 0) is 60.7 Å². The second kappa shape index (κ2) is 9.57. The minimum Gasteiger partial charge on any atom is -0.493 e. The fourth-order valence-electron chi connectivity index (χ4n) is 3.31. The highest BCUT2D eigenvalue weighted by Gasteiger charge is 2.21. The average molecular weight is 485 g/mol. The Bertz CT molecular complexity index is 1390. The lowest BCUT2D eigenvalue weighted by molar-refractivity contribution is 0.0920. The Balaban J connectivity index is 1.81. The summed E-state index contributed by atoms with van der Waals surface area (Å²) in [6.45, 7) is -0.376. The van der Waals surface area contributed by atoms with Crippen molar-refractivity contribution >= 4 is 40.0 Å². The molecule has 6 nitrogen and oxygen atoms in total. The van der Waals surface area contributed by atoms with Crippen LogP contribution in [0.1, 0.15) is 10.4 Å². The Kier molecular flexibility index (Phi) is 6.58. The van der Waals surface area contributed by atoms with Gasteiger partial charge in [0.1, 0.15) is 5.58 Å². The molecule has 0 aliphatic rings. The second-order valence-electron chi connectivity index (χ2n) is 7.02. The number of ketones is 1. The lowest BCUT2D eigenvalue weighted by atomic mass is 10.1. The molecule has 0 bridgehead atoms. The Labute approximate surface area is 199 Å². The van der Waals surface area contributed by atoms with Gasteiger partial charge in [0, 0.05) is 21.2 Å². The van der Waals surface area contributed by atoms with E-state index in [-0.39, 0.29) is 29.3 Å². The maximum absolute atomic E-state index is 13.3. The highest BCUT2D eigenvalue weighted by molar-refractivity contribution is 6.31. The Morgan fingerprint density at radius 2 is 1.58 bits per heavy atom. The van der Waals surface area contributed by atoms with Gasteiger partial charge in [-0.2, -0.15) is 0 Å². The largest absolute Gasteiger partial charge is 0.493 e. The van der Waals surface area contributed by atoms with Crippen molar-refractivity contribution in [1.82, 2.24) is 0 Å². The van der Waals surface area contributed by atoms with Gasteiger partial charge in [-0.15, -0.1) is 0 Å². The average Bonchev–Trinajstić information content (AvgIpc) is 2.83. The number of halogens is 2. The monoisotopic (exact) mass is 484 g/mol. The summed E-state index contributed by atoms with van der Waals surface area (Å²) in [5.74, 6) is 0.670. The van der Waals surface area contributed by atoms with E-state index in [0.717, 1.165) is 0 Å². The third kappa shape index (κ3) is 4.67. The lowest BCUT2D eigenvalue weighted by Gasteiger charge is -2.13. The maximum atomic E-state index is 13.3. The van der Waals surface area contributed by atoms with Crippen LogP contribution < -0.4 is 19.6 Å². The van der Waals surface area contributed by atoms with Crippen molar-refractivity contribution in [3.05, 3.63) is 86.5 Å². The minimum atomic E-state index is -0.451. The van der Waals surface area contributed by atoms with E-state index >= 15 is 0 Å². The number of rotatable bonds is 7. The van der Waals surface area contributed by atoms with E-state index in [2.05, 4.69) is 0 Å². The van der Waals surface area contributed by atoms with Crippen molar-refractivity contribution in [2.75, 3.05) is 20.8 Å². The van der Waals surface area contributed by atoms with Crippen LogP contribution in [-0.2, 0) is 0 Å². The molecule has 1 aromatic heterocycles. The molecule has 4 rings (SSSR count). The molecule has 0 aliphatic heterocycles. The number of carbonyl (C=O) groups excluding carboxylic acids is 1. The van der Waals surface area contributed by atoms with Gasteiger partial charge in [0.15, 0.2) is 29.6 Å². The van der Waals surface area contributed by atoms with Crippen LogP contribution >= 0.6 is 23.2 Å². The molecule has 0 atom stereocenters. The third-order valence-corrected chi connectivity index (χ3v) is 5.46. The van der Waals surface area contributed by atoms with Crippen LogP contribution in [0, 0.1) is 0 Å². The summed E-state index contributed by atoms with van der Waals surface area (Å²) in [6, 6.07) is 16.2. The molecule has 0 radical (unpaired) electrons. The van der Waals surface area contributed by atoms with E-state index in [1.807, 2.05) is 0 Å². The fraction of sp³-hybridized carbons (Fsp3) is 0.120. The van der Waals surface area contributed by atoms with Gasteiger partial charge in [0.2, 0.25) is 11.2 Å². The van der Waals surface area contributed by atoms with E-state index < -0.39 is 5.43 Å². The number of fused-ring (bicyclic) bond motifs is 1. The molecule has 0 saturated heterocycles. The van der Waals surface area contributed by atoms with Crippen LogP contribution in [0.3, 0.4) is 0 Å². The normalized spacial score (nSPS) is 10.8. The zero-order valence-corrected chi connectivity index (χ0v) is 19.2. The summed E-state index contributed by atoms with van der Waals surface area (Å²) in [6.07, 6.45) is 0. The van der Waals surface area contributed by atoms with Crippen molar-refractivity contribution in [3.8, 4) is 28.6 Å². The molecule has 0 aliphatic carbocycles. The highest BCUT2D eigenvalue weighted by atomic mass is 35.5. The highest BCUT2D eigenvalue weighted by Crippen LogP contribution is 2.37. The minimum absolute atomic E-state index is 0.112. The van der Waals surface area contributed by atoms with Crippen LogP contribution in [0.15, 0.2) is 69.9 Å². The molecular formula is C25H18Cl2O6. The first-order valence-corrected chi connectivity index (χ1v) is 10.6. The van der Waals surface area contributed by atoms with E-state index in [9.17, 15) is 9.59 Å². The number of benzene rings is 3. The number of Topliss-reactive ketones (excluding diaryl/α,β-unsaturated/α-hetero) is 1. The van der Waals surface area contributed by atoms with E-state index in [4.69, 9.17) is 41.8 Å². The first kappa shape index (κ1) is 22.7. The summed E-state index contributed by atoms with van der Waals surface area (Å²) >= 11 is 12.0. The topological polar surface area (TPSA) is 75.0 Å². The lowest BCUT2D eigenvalue weighted by Crippen LogP contribution is -2.17. The first-order chi connectivity index (χ1) is 15.9. The number of ether oxygens (including phenoxy) is 3. The van der Waals surface area contributed by atoms with Crippen molar-refractivity contribution in [2.24, 2.45) is 0 Å². The molecule has 0 spiro atoms. The van der Waals surface area contributed by atoms with E-state index in [0.29, 0.717) is 38.3 Å². The quantitative estimate of drug-likeness (QED) is 0.297. The zero-order valence-electron chi connectivity index (χ0n) is 17.7. The van der Waals surface area contributed by atoms with E-state index in [1.54, 1.807) is 54.6 Å². The number of methoxy groups -OCH3 is 2. The van der Waals surface area contributed by atoms with Gasteiger partial charge in [-0.25, -0.2) is 0 Å². The summed E-state index contributed by atoms with van der Waals surface area (Å²) in [4.78, 5) is 25.9. The Hall–Kier alpha value is -3.48. The van der Waals surface area contributed by atoms with Crippen LogP contribution in [-0.4, -0.2) is 26.6 Å². The standard InChI is InChI=1S/C25H18Cl2O6/c1-30-21-9-5-15(11-22(21)31-2)24-25(23(29)18-12-17(27)8-10-20(18)33-24)32-13-19(28)14-3-6-16(26)7-4-14/h3-12H,13H2,1-2H3. The van der Waals surface area contributed by atoms with E-state index in [1.165, 1.54) is 20.3 Å². The molecule has 0 N–H and O–H groups in total. The van der Waals surface area contributed by atoms with Crippen LogP contribution in [0.25, 0.3) is 22.3 Å². The van der Waals surface area contributed by atoms with Gasteiger partial charge in [-0.3, -0.25) is 9.59 Å². The Morgan fingerprint density at radius 3 is 2.27 bits per heavy atom. The number of carbonyl (C=O) groups is 1. The van der Waals surface area contributed by atoms with Gasteiger partial charge < -0.3 is 18.6 Å². The van der Waals surface area contributed by atoms with Crippen molar-refractivity contribution in [1.29, 1.82) is 0 Å². The predicted octanol–water partition coefficient (Wildman–Crippen LogP) is 6.05. The van der Waals surface area contributed by atoms with Crippen LogP contribution in [0.4, 0.5) is 0 Å².